The van der Waals surface area contributed by atoms with Gasteiger partial charge >= 0.3 is 6.03 Å². The molecule has 3 aromatic rings. The number of benzene rings is 2. The highest BCUT2D eigenvalue weighted by atomic mass is 16.5. The molecule has 1 fully saturated rings. The zero-order valence-corrected chi connectivity index (χ0v) is 22.6. The molecule has 8 heteroatoms. The van der Waals surface area contributed by atoms with Crippen LogP contribution in [0, 0.1) is 20.8 Å². The summed E-state index contributed by atoms with van der Waals surface area (Å²) in [6.45, 7) is 10.7. The molecule has 1 aromatic heterocycles. The van der Waals surface area contributed by atoms with Gasteiger partial charge in [-0.1, -0.05) is 42.5 Å². The molecule has 1 N–H and O–H groups in total. The van der Waals surface area contributed by atoms with E-state index in [1.54, 1.807) is 9.80 Å². The van der Waals surface area contributed by atoms with Gasteiger partial charge in [-0.25, -0.2) is 4.79 Å². The van der Waals surface area contributed by atoms with E-state index in [0.717, 1.165) is 41.2 Å². The number of carbonyl (C=O) groups excluding carboxylic acids is 2. The summed E-state index contributed by atoms with van der Waals surface area (Å²) in [7, 11) is 0. The Bertz CT molecular complexity index is 1200. The largest absolute Gasteiger partial charge is 0.464 e. The Hall–Kier alpha value is -3.62. The van der Waals surface area contributed by atoms with Crippen molar-refractivity contribution in [2.75, 3.05) is 51.3 Å². The summed E-state index contributed by atoms with van der Waals surface area (Å²) in [6, 6.07) is 19.2. The van der Waals surface area contributed by atoms with Crippen molar-refractivity contribution in [3.05, 3.63) is 88.9 Å². The number of morpholine rings is 1. The molecule has 0 aliphatic carbocycles. The maximum absolute atomic E-state index is 13.7. The van der Waals surface area contributed by atoms with E-state index in [4.69, 9.17) is 9.15 Å². The fourth-order valence-corrected chi connectivity index (χ4v) is 4.48. The first-order valence-corrected chi connectivity index (χ1v) is 13.2. The van der Waals surface area contributed by atoms with Crippen molar-refractivity contribution in [2.45, 2.75) is 33.9 Å². The van der Waals surface area contributed by atoms with Gasteiger partial charge in [0.25, 0.3) is 0 Å². The molecule has 0 atom stereocenters. The highest BCUT2D eigenvalue weighted by molar-refractivity contribution is 5.93. The van der Waals surface area contributed by atoms with Crippen LogP contribution in [-0.2, 0) is 22.6 Å². The van der Waals surface area contributed by atoms with Crippen LogP contribution >= 0.6 is 0 Å². The quantitative estimate of drug-likeness (QED) is 0.425. The van der Waals surface area contributed by atoms with E-state index in [-0.39, 0.29) is 18.5 Å². The number of nitrogens with zero attached hydrogens (tertiary/aromatic N) is 3. The molecule has 1 aliphatic heterocycles. The fraction of sp³-hybridized carbons (Fsp3) is 0.400. The first kappa shape index (κ1) is 27.4. The normalized spacial score (nSPS) is 13.8. The molecule has 202 valence electrons. The molecule has 1 aliphatic rings. The van der Waals surface area contributed by atoms with E-state index in [9.17, 15) is 9.59 Å². The standard InChI is InChI=1S/C30H38N4O4/c1-23-8-7-11-28(25(23)3)31-30(36)33(15-14-32-16-18-37-19-17-32)22-29(35)34(20-26-9-5-4-6-10-26)21-27-13-12-24(2)38-27/h4-13H,14-22H2,1-3H3,(H,31,36). The molecule has 1 saturated heterocycles. The van der Waals surface area contributed by atoms with Crippen LogP contribution in [0.4, 0.5) is 10.5 Å². The molecule has 2 aromatic carbocycles. The number of ether oxygens (including phenoxy) is 1. The summed E-state index contributed by atoms with van der Waals surface area (Å²) in [5.74, 6) is 1.37. The van der Waals surface area contributed by atoms with Gasteiger partial charge in [0.1, 0.15) is 18.1 Å². The number of carbonyl (C=O) groups is 2. The van der Waals surface area contributed by atoms with Crippen LogP contribution in [0.1, 0.15) is 28.2 Å². The van der Waals surface area contributed by atoms with Crippen LogP contribution in [0.5, 0.6) is 0 Å². The third-order valence-electron chi connectivity index (χ3n) is 6.96. The topological polar surface area (TPSA) is 78.3 Å². The van der Waals surface area contributed by atoms with Crippen molar-refractivity contribution in [3.63, 3.8) is 0 Å². The first-order valence-electron chi connectivity index (χ1n) is 13.2. The lowest BCUT2D eigenvalue weighted by atomic mass is 10.1. The molecule has 0 saturated carbocycles. The van der Waals surface area contributed by atoms with Gasteiger partial charge in [-0.2, -0.15) is 0 Å². The van der Waals surface area contributed by atoms with E-state index >= 15 is 0 Å². The van der Waals surface area contributed by atoms with Gasteiger partial charge in [-0.15, -0.1) is 0 Å². The van der Waals surface area contributed by atoms with E-state index in [2.05, 4.69) is 10.2 Å². The van der Waals surface area contributed by atoms with Crippen LogP contribution in [-0.4, -0.2) is 72.6 Å². The molecule has 0 bridgehead atoms. The molecule has 8 nitrogen and oxygen atoms in total. The predicted molar refractivity (Wildman–Crippen MR) is 148 cm³/mol. The van der Waals surface area contributed by atoms with Crippen LogP contribution < -0.4 is 5.32 Å². The number of nitrogens with one attached hydrogen (secondary N) is 1. The summed E-state index contributed by atoms with van der Waals surface area (Å²) in [5, 5.41) is 3.04. The molecule has 0 radical (unpaired) electrons. The number of hydrogen-bond donors (Lipinski definition) is 1. The Kier molecular flexibility index (Phi) is 9.56. The average molecular weight is 519 g/mol. The van der Waals surface area contributed by atoms with Crippen molar-refractivity contribution < 1.29 is 18.7 Å². The minimum atomic E-state index is -0.284. The number of urea groups is 1. The number of hydrogen-bond acceptors (Lipinski definition) is 5. The Morgan fingerprint density at radius 1 is 0.895 bits per heavy atom. The Morgan fingerprint density at radius 3 is 2.37 bits per heavy atom. The molecule has 2 heterocycles. The molecular formula is C30H38N4O4. The third kappa shape index (κ3) is 7.69. The van der Waals surface area contributed by atoms with E-state index in [1.807, 2.05) is 81.4 Å². The summed E-state index contributed by atoms with van der Waals surface area (Å²) < 4.78 is 11.2. The number of furan rings is 1. The zero-order valence-electron chi connectivity index (χ0n) is 22.6. The van der Waals surface area contributed by atoms with Crippen LogP contribution in [0.15, 0.2) is 65.1 Å². The van der Waals surface area contributed by atoms with Gasteiger partial charge < -0.3 is 24.3 Å². The SMILES string of the molecule is Cc1ccc(CN(Cc2ccccc2)C(=O)CN(CCN2CCOCC2)C(=O)Nc2cccc(C)c2C)o1. The Morgan fingerprint density at radius 2 is 1.66 bits per heavy atom. The van der Waals surface area contributed by atoms with E-state index < -0.39 is 0 Å². The van der Waals surface area contributed by atoms with E-state index in [0.29, 0.717) is 45.2 Å². The van der Waals surface area contributed by atoms with Crippen molar-refractivity contribution >= 4 is 17.6 Å². The second-order valence-corrected chi connectivity index (χ2v) is 9.80. The number of aryl methyl sites for hydroxylation is 2. The predicted octanol–water partition coefficient (Wildman–Crippen LogP) is 4.60. The molecule has 0 unspecified atom stereocenters. The van der Waals surface area contributed by atoms with Gasteiger partial charge in [0.15, 0.2) is 0 Å². The van der Waals surface area contributed by atoms with Crippen LogP contribution in [0.25, 0.3) is 0 Å². The minimum Gasteiger partial charge on any atom is -0.464 e. The Labute approximate surface area is 225 Å². The van der Waals surface area contributed by atoms with Crippen LogP contribution in [0.2, 0.25) is 0 Å². The lowest BCUT2D eigenvalue weighted by molar-refractivity contribution is -0.133. The van der Waals surface area contributed by atoms with Gasteiger partial charge in [0, 0.05) is 38.4 Å². The number of rotatable bonds is 10. The highest BCUT2D eigenvalue weighted by Crippen LogP contribution is 2.19. The summed E-state index contributed by atoms with van der Waals surface area (Å²) in [6.07, 6.45) is 0. The summed E-state index contributed by atoms with van der Waals surface area (Å²) in [5.41, 5.74) is 3.88. The maximum atomic E-state index is 13.7. The molecule has 3 amide bonds. The number of amides is 3. The monoisotopic (exact) mass is 518 g/mol. The lowest BCUT2D eigenvalue weighted by Crippen LogP contribution is -2.48. The average Bonchev–Trinajstić information content (AvgIpc) is 3.34. The molecule has 0 spiro atoms. The maximum Gasteiger partial charge on any atom is 0.322 e. The third-order valence-corrected chi connectivity index (χ3v) is 6.96. The van der Waals surface area contributed by atoms with Gasteiger partial charge in [-0.3, -0.25) is 9.69 Å². The molecular weight excluding hydrogens is 480 g/mol. The Balaban J connectivity index is 1.51. The second kappa shape index (κ2) is 13.3. The van der Waals surface area contributed by atoms with Gasteiger partial charge in [0.05, 0.1) is 19.8 Å². The summed E-state index contributed by atoms with van der Waals surface area (Å²) >= 11 is 0. The van der Waals surface area contributed by atoms with E-state index in [1.165, 1.54) is 0 Å². The lowest BCUT2D eigenvalue weighted by Gasteiger charge is -2.31. The number of anilines is 1. The van der Waals surface area contributed by atoms with Crippen molar-refractivity contribution in [1.82, 2.24) is 14.7 Å². The van der Waals surface area contributed by atoms with Crippen molar-refractivity contribution in [1.29, 1.82) is 0 Å². The zero-order chi connectivity index (χ0) is 26.9. The van der Waals surface area contributed by atoms with Crippen LogP contribution in [0.3, 0.4) is 0 Å². The molecule has 38 heavy (non-hydrogen) atoms. The van der Waals surface area contributed by atoms with Gasteiger partial charge in [0.2, 0.25) is 5.91 Å². The first-order chi connectivity index (χ1) is 18.4. The molecule has 4 rings (SSSR count). The van der Waals surface area contributed by atoms with Gasteiger partial charge in [-0.05, 0) is 55.7 Å². The minimum absolute atomic E-state index is 0.0342. The summed E-state index contributed by atoms with van der Waals surface area (Å²) in [4.78, 5) is 32.9. The highest BCUT2D eigenvalue weighted by Gasteiger charge is 2.24. The second-order valence-electron chi connectivity index (χ2n) is 9.80. The van der Waals surface area contributed by atoms with Crippen molar-refractivity contribution in [3.8, 4) is 0 Å². The fourth-order valence-electron chi connectivity index (χ4n) is 4.48. The van der Waals surface area contributed by atoms with Crippen molar-refractivity contribution in [2.24, 2.45) is 0 Å². The smallest absolute Gasteiger partial charge is 0.322 e.